The van der Waals surface area contributed by atoms with Gasteiger partial charge in [0, 0.05) is 50.5 Å². The maximum Gasteiger partial charge on any atom is 0.407 e. The Hall–Kier alpha value is -2.05. The summed E-state index contributed by atoms with van der Waals surface area (Å²) in [7, 11) is 1.95. The molecule has 11 heteroatoms. The molecule has 38 heavy (non-hydrogen) atoms. The summed E-state index contributed by atoms with van der Waals surface area (Å²) in [5.74, 6) is -0.353. The lowest BCUT2D eigenvalue weighted by Gasteiger charge is -2.31. The first-order valence-electron chi connectivity index (χ1n) is 12.6. The molecule has 0 bridgehead atoms. The average molecular weight is 560 g/mol. The van der Waals surface area contributed by atoms with Crippen molar-refractivity contribution < 1.29 is 31.2 Å². The monoisotopic (exact) mass is 559 g/mol. The molecule has 1 N–H and O–H groups in total. The van der Waals surface area contributed by atoms with Gasteiger partial charge in [-0.1, -0.05) is 26.0 Å². The Kier molecular flexibility index (Phi) is 10.7. The molecule has 0 spiro atoms. The predicted molar refractivity (Wildman–Crippen MR) is 141 cm³/mol. The van der Waals surface area contributed by atoms with Crippen LogP contribution in [0.1, 0.15) is 38.8 Å². The minimum absolute atomic E-state index is 0.0493. The van der Waals surface area contributed by atoms with Crippen molar-refractivity contribution in [2.45, 2.75) is 50.3 Å². The molecule has 0 radical (unpaired) electrons. The quantitative estimate of drug-likeness (QED) is 0.296. The van der Waals surface area contributed by atoms with E-state index in [4.69, 9.17) is 9.47 Å². The largest absolute Gasteiger partial charge is 0.467 e. The van der Waals surface area contributed by atoms with Crippen LogP contribution >= 0.6 is 0 Å². The fourth-order valence-corrected chi connectivity index (χ4v) is 5.74. The first-order chi connectivity index (χ1) is 17.9. The van der Waals surface area contributed by atoms with Gasteiger partial charge in [-0.15, -0.1) is 0 Å². The van der Waals surface area contributed by atoms with Gasteiger partial charge in [-0.25, -0.2) is 12.9 Å². The molecule has 2 aromatic carbocycles. The third-order valence-electron chi connectivity index (χ3n) is 6.40. The number of likely N-dealkylation sites (N-methyl/N-ethyl adjacent to an activating group) is 1. The van der Waals surface area contributed by atoms with E-state index >= 15 is 4.39 Å². The van der Waals surface area contributed by atoms with Crippen LogP contribution in [0.3, 0.4) is 0 Å². The van der Waals surface area contributed by atoms with E-state index in [1.807, 2.05) is 25.2 Å². The van der Waals surface area contributed by atoms with Crippen LogP contribution in [0.2, 0.25) is 0 Å². The van der Waals surface area contributed by atoms with E-state index in [1.165, 1.54) is 19.2 Å². The van der Waals surface area contributed by atoms with Crippen LogP contribution in [-0.2, 0) is 15.7 Å². The van der Waals surface area contributed by atoms with Crippen LogP contribution in [0.15, 0.2) is 41.3 Å². The van der Waals surface area contributed by atoms with E-state index in [0.717, 1.165) is 19.2 Å². The molecular formula is C27H37F4N3O3S. The van der Waals surface area contributed by atoms with Crippen molar-refractivity contribution in [1.82, 2.24) is 14.5 Å². The van der Waals surface area contributed by atoms with Crippen LogP contribution in [0.4, 0.5) is 17.6 Å². The SMILES string of the molecule is COCOc1ccc(S(=O)N2CCN(C)CC2)cc1-c1ccc(C(NC(C)CC(C)C)C(F)(F)F)cc1F. The Morgan fingerprint density at radius 3 is 2.29 bits per heavy atom. The van der Waals surface area contributed by atoms with Crippen LogP contribution in [0, 0.1) is 11.7 Å². The zero-order valence-corrected chi connectivity index (χ0v) is 23.3. The molecule has 3 unspecified atom stereocenters. The van der Waals surface area contributed by atoms with Gasteiger partial charge in [0.2, 0.25) is 0 Å². The van der Waals surface area contributed by atoms with Crippen LogP contribution < -0.4 is 10.1 Å². The summed E-state index contributed by atoms with van der Waals surface area (Å²) in [6.07, 6.45) is -4.06. The molecule has 1 saturated heterocycles. The predicted octanol–water partition coefficient (Wildman–Crippen LogP) is 5.37. The van der Waals surface area contributed by atoms with E-state index in [1.54, 1.807) is 25.1 Å². The maximum absolute atomic E-state index is 15.5. The Morgan fingerprint density at radius 1 is 1.03 bits per heavy atom. The van der Waals surface area contributed by atoms with Crippen molar-refractivity contribution in [2.75, 3.05) is 47.1 Å². The van der Waals surface area contributed by atoms with Crippen LogP contribution in [0.25, 0.3) is 11.1 Å². The van der Waals surface area contributed by atoms with Gasteiger partial charge in [-0.2, -0.15) is 13.2 Å². The Balaban J connectivity index is 1.97. The lowest BCUT2D eigenvalue weighted by Crippen LogP contribution is -2.45. The van der Waals surface area contributed by atoms with E-state index in [0.29, 0.717) is 24.4 Å². The molecule has 0 saturated carbocycles. The second kappa shape index (κ2) is 13.3. The van der Waals surface area contributed by atoms with Gasteiger partial charge in [0.1, 0.15) is 28.6 Å². The third kappa shape index (κ3) is 7.98. The number of hydrogen-bond donors (Lipinski definition) is 1. The van der Waals surface area contributed by atoms with E-state index in [-0.39, 0.29) is 35.2 Å². The maximum atomic E-state index is 15.5. The number of benzene rings is 2. The topological polar surface area (TPSA) is 54.0 Å². The highest BCUT2D eigenvalue weighted by atomic mass is 32.2. The number of ether oxygens (including phenoxy) is 2. The number of methoxy groups -OCH3 is 1. The molecule has 212 valence electrons. The van der Waals surface area contributed by atoms with Crippen molar-refractivity contribution in [3.8, 4) is 16.9 Å². The third-order valence-corrected chi connectivity index (χ3v) is 7.89. The summed E-state index contributed by atoms with van der Waals surface area (Å²) >= 11 is 0. The second-order valence-corrected chi connectivity index (χ2v) is 11.6. The standard InChI is InChI=1S/C27H37F4N3O3S/c1-18(2)14-19(3)32-26(27(29,30)31)20-6-8-22(24(28)15-20)23-16-21(7-9-25(23)37-17-36-5)38(35)34-12-10-33(4)11-13-34/h6-9,15-16,18-19,26,32H,10-14,17H2,1-5H3. The van der Waals surface area contributed by atoms with Crippen LogP contribution in [0.5, 0.6) is 5.75 Å². The van der Waals surface area contributed by atoms with Gasteiger partial charge in [0.15, 0.2) is 6.79 Å². The molecule has 3 rings (SSSR count). The Labute approximate surface area is 224 Å². The van der Waals surface area contributed by atoms with Gasteiger partial charge < -0.3 is 14.4 Å². The van der Waals surface area contributed by atoms with Gasteiger partial charge in [-0.05, 0) is 56.1 Å². The number of piperazine rings is 1. The molecule has 1 fully saturated rings. The molecule has 0 aliphatic carbocycles. The van der Waals surface area contributed by atoms with Gasteiger partial charge in [0.25, 0.3) is 0 Å². The van der Waals surface area contributed by atoms with Gasteiger partial charge in [-0.3, -0.25) is 5.32 Å². The summed E-state index contributed by atoms with van der Waals surface area (Å²) in [5, 5.41) is 2.61. The minimum Gasteiger partial charge on any atom is -0.467 e. The van der Waals surface area contributed by atoms with E-state index in [2.05, 4.69) is 10.2 Å². The van der Waals surface area contributed by atoms with Crippen molar-refractivity contribution in [2.24, 2.45) is 5.92 Å². The molecule has 1 heterocycles. The highest BCUT2D eigenvalue weighted by Gasteiger charge is 2.41. The fraction of sp³-hybridized carbons (Fsp3) is 0.556. The number of nitrogens with zero attached hydrogens (tertiary/aromatic N) is 2. The smallest absolute Gasteiger partial charge is 0.407 e. The second-order valence-electron chi connectivity index (χ2n) is 10.1. The molecule has 6 nitrogen and oxygen atoms in total. The van der Waals surface area contributed by atoms with Gasteiger partial charge >= 0.3 is 6.18 Å². The highest BCUT2D eigenvalue weighted by molar-refractivity contribution is 7.82. The number of rotatable bonds is 11. The minimum atomic E-state index is -4.61. The average Bonchev–Trinajstić information content (AvgIpc) is 2.85. The first kappa shape index (κ1) is 30.5. The lowest BCUT2D eigenvalue weighted by molar-refractivity contribution is -0.159. The first-order valence-corrected chi connectivity index (χ1v) is 13.7. The van der Waals surface area contributed by atoms with Crippen LogP contribution in [-0.4, -0.2) is 72.8 Å². The fourth-order valence-electron chi connectivity index (χ4n) is 4.55. The Morgan fingerprint density at radius 2 is 1.71 bits per heavy atom. The van der Waals surface area contributed by atoms with Crippen molar-refractivity contribution in [1.29, 1.82) is 0 Å². The molecule has 1 aliphatic rings. The summed E-state index contributed by atoms with van der Waals surface area (Å²) in [6.45, 7) is 8.22. The van der Waals surface area contributed by atoms with Crippen molar-refractivity contribution in [3.05, 3.63) is 47.8 Å². The normalized spacial score (nSPS) is 17.9. The zero-order chi connectivity index (χ0) is 28.0. The molecular weight excluding hydrogens is 522 g/mol. The molecule has 2 aromatic rings. The number of nitrogens with one attached hydrogen (secondary N) is 1. The van der Waals surface area contributed by atoms with E-state index < -0.39 is 35.1 Å². The summed E-state index contributed by atoms with van der Waals surface area (Å²) in [4.78, 5) is 2.60. The molecule has 0 amide bonds. The lowest BCUT2D eigenvalue weighted by atomic mass is 9.97. The van der Waals surface area contributed by atoms with Crippen molar-refractivity contribution in [3.63, 3.8) is 0 Å². The summed E-state index contributed by atoms with van der Waals surface area (Å²) in [5.41, 5.74) is 0.120. The zero-order valence-electron chi connectivity index (χ0n) is 22.5. The Bertz CT molecular complexity index is 1090. The molecule has 1 aliphatic heterocycles. The molecule has 0 aromatic heterocycles. The number of hydrogen-bond acceptors (Lipinski definition) is 5. The van der Waals surface area contributed by atoms with Gasteiger partial charge in [0.05, 0.1) is 4.90 Å². The van der Waals surface area contributed by atoms with E-state index in [9.17, 15) is 17.4 Å². The highest BCUT2D eigenvalue weighted by Crippen LogP contribution is 2.38. The number of halogens is 4. The summed E-state index contributed by atoms with van der Waals surface area (Å²) < 4.78 is 83.0. The molecule has 3 atom stereocenters. The summed E-state index contributed by atoms with van der Waals surface area (Å²) in [6, 6.07) is 5.87. The number of alkyl halides is 3. The van der Waals surface area contributed by atoms with Crippen molar-refractivity contribution >= 4 is 11.0 Å².